The number of aromatic amines is 1. The molecule has 1 aromatic carbocycles. The van der Waals surface area contributed by atoms with E-state index >= 15 is 0 Å². The standard InChI is InChI=1S/C19H27N5O/c1-4-17(24-10-9-15-7-5-6-8-16(15)12-24)11-20-19(25)21-18-13(2)22-23-14(18)3/h5-8,17H,4,9-12H2,1-3H3,(H,22,23)(H2,20,21,25)/t17-/m0/s1. The minimum Gasteiger partial charge on any atom is -0.336 e. The van der Waals surface area contributed by atoms with Crippen LogP contribution in [0.1, 0.15) is 35.9 Å². The Morgan fingerprint density at radius 2 is 2.08 bits per heavy atom. The minimum absolute atomic E-state index is 0.177. The maximum atomic E-state index is 12.2. The first-order chi connectivity index (χ1) is 12.1. The molecule has 134 valence electrons. The number of carbonyl (C=O) groups is 1. The van der Waals surface area contributed by atoms with Crippen LogP contribution in [0, 0.1) is 13.8 Å². The predicted octanol–water partition coefficient (Wildman–Crippen LogP) is 2.98. The summed E-state index contributed by atoms with van der Waals surface area (Å²) in [5, 5.41) is 12.9. The Kier molecular flexibility index (Phi) is 5.38. The van der Waals surface area contributed by atoms with Gasteiger partial charge in [-0.2, -0.15) is 5.10 Å². The Labute approximate surface area is 149 Å². The maximum Gasteiger partial charge on any atom is 0.319 e. The Bertz CT molecular complexity index is 720. The van der Waals surface area contributed by atoms with Gasteiger partial charge in [-0.15, -0.1) is 0 Å². The summed E-state index contributed by atoms with van der Waals surface area (Å²) in [7, 11) is 0. The number of hydrogen-bond donors (Lipinski definition) is 3. The first kappa shape index (κ1) is 17.5. The molecule has 0 bridgehead atoms. The van der Waals surface area contributed by atoms with E-state index in [0.29, 0.717) is 12.6 Å². The van der Waals surface area contributed by atoms with E-state index in [2.05, 4.69) is 56.9 Å². The van der Waals surface area contributed by atoms with Crippen molar-refractivity contribution in [2.24, 2.45) is 0 Å². The molecule has 2 amide bonds. The fourth-order valence-electron chi connectivity index (χ4n) is 3.46. The summed E-state index contributed by atoms with van der Waals surface area (Å²) in [6.07, 6.45) is 2.08. The predicted molar refractivity (Wildman–Crippen MR) is 99.7 cm³/mol. The van der Waals surface area contributed by atoms with E-state index in [1.165, 1.54) is 11.1 Å². The Balaban J connectivity index is 1.55. The molecule has 0 fully saturated rings. The van der Waals surface area contributed by atoms with Gasteiger partial charge in [-0.25, -0.2) is 4.79 Å². The molecule has 1 atom stereocenters. The second-order valence-electron chi connectivity index (χ2n) is 6.70. The van der Waals surface area contributed by atoms with Gasteiger partial charge in [0.15, 0.2) is 0 Å². The molecule has 0 unspecified atom stereocenters. The van der Waals surface area contributed by atoms with Crippen molar-refractivity contribution in [2.45, 2.75) is 46.2 Å². The van der Waals surface area contributed by atoms with E-state index in [0.717, 1.165) is 43.0 Å². The van der Waals surface area contributed by atoms with Crippen molar-refractivity contribution in [1.82, 2.24) is 20.4 Å². The van der Waals surface area contributed by atoms with E-state index in [4.69, 9.17) is 0 Å². The first-order valence-corrected chi connectivity index (χ1v) is 8.95. The van der Waals surface area contributed by atoms with E-state index in [9.17, 15) is 4.79 Å². The largest absolute Gasteiger partial charge is 0.336 e. The number of carbonyl (C=O) groups excluding carboxylic acids is 1. The fourth-order valence-corrected chi connectivity index (χ4v) is 3.46. The zero-order chi connectivity index (χ0) is 17.8. The third kappa shape index (κ3) is 4.02. The van der Waals surface area contributed by atoms with Crippen molar-refractivity contribution in [3.8, 4) is 0 Å². The summed E-state index contributed by atoms with van der Waals surface area (Å²) in [6.45, 7) is 8.58. The van der Waals surface area contributed by atoms with Gasteiger partial charge in [-0.05, 0) is 37.8 Å². The second kappa shape index (κ2) is 7.70. The third-order valence-electron chi connectivity index (χ3n) is 5.01. The highest BCUT2D eigenvalue weighted by Crippen LogP contribution is 2.21. The molecule has 0 saturated carbocycles. The van der Waals surface area contributed by atoms with Gasteiger partial charge in [0.1, 0.15) is 0 Å². The van der Waals surface area contributed by atoms with Gasteiger partial charge in [0.05, 0.1) is 17.1 Å². The molecule has 0 saturated heterocycles. The van der Waals surface area contributed by atoms with Crippen molar-refractivity contribution in [3.05, 3.63) is 46.8 Å². The number of aryl methyl sites for hydroxylation is 2. The lowest BCUT2D eigenvalue weighted by molar-refractivity contribution is 0.170. The molecule has 3 N–H and O–H groups in total. The van der Waals surface area contributed by atoms with Gasteiger partial charge in [0.2, 0.25) is 0 Å². The van der Waals surface area contributed by atoms with Crippen LogP contribution in [0.4, 0.5) is 10.5 Å². The molecule has 6 heteroatoms. The van der Waals surface area contributed by atoms with Crippen molar-refractivity contribution >= 4 is 11.7 Å². The zero-order valence-electron chi connectivity index (χ0n) is 15.2. The molecular weight excluding hydrogens is 314 g/mol. The van der Waals surface area contributed by atoms with Crippen LogP contribution in [-0.4, -0.2) is 40.3 Å². The minimum atomic E-state index is -0.177. The molecule has 0 aliphatic carbocycles. The van der Waals surface area contributed by atoms with Crippen LogP contribution in [0.25, 0.3) is 0 Å². The third-order valence-corrected chi connectivity index (χ3v) is 5.01. The SMILES string of the molecule is CC[C@@H](CNC(=O)Nc1c(C)n[nH]c1C)N1CCc2ccccc2C1. The normalized spacial score (nSPS) is 15.5. The number of benzene rings is 1. The van der Waals surface area contributed by atoms with Crippen molar-refractivity contribution in [2.75, 3.05) is 18.4 Å². The fraction of sp³-hybridized carbons (Fsp3) is 0.474. The maximum absolute atomic E-state index is 12.2. The first-order valence-electron chi connectivity index (χ1n) is 8.95. The summed E-state index contributed by atoms with van der Waals surface area (Å²) in [5.41, 5.74) is 5.28. The van der Waals surface area contributed by atoms with Gasteiger partial charge < -0.3 is 10.6 Å². The van der Waals surface area contributed by atoms with E-state index in [1.807, 2.05) is 13.8 Å². The number of urea groups is 1. The van der Waals surface area contributed by atoms with Gasteiger partial charge in [-0.1, -0.05) is 31.2 Å². The lowest BCUT2D eigenvalue weighted by Crippen LogP contribution is -2.46. The smallest absolute Gasteiger partial charge is 0.319 e. The van der Waals surface area contributed by atoms with Gasteiger partial charge in [-0.3, -0.25) is 10.00 Å². The number of aromatic nitrogens is 2. The van der Waals surface area contributed by atoms with Crippen LogP contribution >= 0.6 is 0 Å². The Morgan fingerprint density at radius 3 is 2.76 bits per heavy atom. The molecule has 1 aromatic heterocycles. The monoisotopic (exact) mass is 341 g/mol. The van der Waals surface area contributed by atoms with Crippen LogP contribution in [0.3, 0.4) is 0 Å². The molecule has 1 aliphatic rings. The summed E-state index contributed by atoms with van der Waals surface area (Å²) in [4.78, 5) is 14.7. The summed E-state index contributed by atoms with van der Waals surface area (Å²) in [6, 6.07) is 8.80. The van der Waals surface area contributed by atoms with E-state index in [-0.39, 0.29) is 6.03 Å². The molecule has 3 rings (SSSR count). The Morgan fingerprint density at radius 1 is 1.32 bits per heavy atom. The van der Waals surface area contributed by atoms with Crippen molar-refractivity contribution in [1.29, 1.82) is 0 Å². The van der Waals surface area contributed by atoms with Gasteiger partial charge in [0.25, 0.3) is 0 Å². The number of amides is 2. The number of anilines is 1. The van der Waals surface area contributed by atoms with Crippen LogP contribution in [0.5, 0.6) is 0 Å². The number of rotatable bonds is 5. The van der Waals surface area contributed by atoms with Crippen molar-refractivity contribution < 1.29 is 4.79 Å². The van der Waals surface area contributed by atoms with Crippen LogP contribution in [0.15, 0.2) is 24.3 Å². The molecule has 1 aliphatic heterocycles. The highest BCUT2D eigenvalue weighted by Gasteiger charge is 2.22. The van der Waals surface area contributed by atoms with E-state index < -0.39 is 0 Å². The Hall–Kier alpha value is -2.34. The lowest BCUT2D eigenvalue weighted by atomic mass is 9.98. The molecule has 2 aromatic rings. The summed E-state index contributed by atoms with van der Waals surface area (Å²) in [5.74, 6) is 0. The van der Waals surface area contributed by atoms with Crippen LogP contribution in [0.2, 0.25) is 0 Å². The topological polar surface area (TPSA) is 73.0 Å². The lowest BCUT2D eigenvalue weighted by Gasteiger charge is -2.35. The summed E-state index contributed by atoms with van der Waals surface area (Å²) < 4.78 is 0. The van der Waals surface area contributed by atoms with Crippen LogP contribution < -0.4 is 10.6 Å². The molecule has 0 spiro atoms. The van der Waals surface area contributed by atoms with E-state index in [1.54, 1.807) is 0 Å². The zero-order valence-corrected chi connectivity index (χ0v) is 15.2. The molecule has 2 heterocycles. The quantitative estimate of drug-likeness (QED) is 0.783. The van der Waals surface area contributed by atoms with Crippen LogP contribution in [-0.2, 0) is 13.0 Å². The second-order valence-corrected chi connectivity index (χ2v) is 6.70. The average molecular weight is 341 g/mol. The molecule has 25 heavy (non-hydrogen) atoms. The van der Waals surface area contributed by atoms with Gasteiger partial charge in [0, 0.05) is 25.7 Å². The molecule has 6 nitrogen and oxygen atoms in total. The van der Waals surface area contributed by atoms with Gasteiger partial charge >= 0.3 is 6.03 Å². The summed E-state index contributed by atoms with van der Waals surface area (Å²) >= 11 is 0. The molecule has 0 radical (unpaired) electrons. The highest BCUT2D eigenvalue weighted by molar-refractivity contribution is 5.90. The highest BCUT2D eigenvalue weighted by atomic mass is 16.2. The number of fused-ring (bicyclic) bond motifs is 1. The number of nitrogens with one attached hydrogen (secondary N) is 3. The number of hydrogen-bond acceptors (Lipinski definition) is 3. The number of nitrogens with zero attached hydrogens (tertiary/aromatic N) is 2. The molecular formula is C19H27N5O. The average Bonchev–Trinajstić information content (AvgIpc) is 2.94. The number of H-pyrrole nitrogens is 1. The van der Waals surface area contributed by atoms with Crippen molar-refractivity contribution in [3.63, 3.8) is 0 Å².